The van der Waals surface area contributed by atoms with E-state index in [1.54, 1.807) is 18.3 Å². The number of carbonyl (C=O) groups excluding carboxylic acids is 1. The molecule has 2 fully saturated rings. The summed E-state index contributed by atoms with van der Waals surface area (Å²) in [5.41, 5.74) is 3.46. The van der Waals surface area contributed by atoms with Crippen molar-refractivity contribution in [2.75, 3.05) is 53.0 Å². The third kappa shape index (κ3) is 10.3. The summed E-state index contributed by atoms with van der Waals surface area (Å²) in [4.78, 5) is 39.1. The highest BCUT2D eigenvalue weighted by Crippen LogP contribution is 2.50. The molecule has 6 aromatic rings. The molecule has 16 heteroatoms. The van der Waals surface area contributed by atoms with E-state index in [9.17, 15) is 9.18 Å². The summed E-state index contributed by atoms with van der Waals surface area (Å²) >= 11 is 8.70. The van der Waals surface area contributed by atoms with Gasteiger partial charge in [0.05, 0.1) is 16.1 Å². The second kappa shape index (κ2) is 19.2. The summed E-state index contributed by atoms with van der Waals surface area (Å²) in [6.07, 6.45) is 3.19. The normalized spacial score (nSPS) is 19.6. The molecule has 3 aromatic heterocycles. The summed E-state index contributed by atoms with van der Waals surface area (Å²) in [7, 11) is 2.13. The summed E-state index contributed by atoms with van der Waals surface area (Å²) in [6, 6.07) is 17.5. The van der Waals surface area contributed by atoms with E-state index in [2.05, 4.69) is 26.8 Å². The van der Waals surface area contributed by atoms with E-state index in [0.717, 1.165) is 66.2 Å². The van der Waals surface area contributed by atoms with Gasteiger partial charge in [-0.3, -0.25) is 4.90 Å². The van der Waals surface area contributed by atoms with Crippen molar-refractivity contribution < 1.29 is 37.6 Å². The molecule has 7 heterocycles. The van der Waals surface area contributed by atoms with Gasteiger partial charge in [0.25, 0.3) is 0 Å². The molecule has 0 spiro atoms. The highest BCUT2D eigenvalue weighted by atomic mass is 35.5. The van der Waals surface area contributed by atoms with Crippen LogP contribution in [0.3, 0.4) is 0 Å². The van der Waals surface area contributed by atoms with Gasteiger partial charge in [0.15, 0.2) is 5.82 Å². The number of halogens is 2. The van der Waals surface area contributed by atoms with Gasteiger partial charge in [0, 0.05) is 68.0 Å². The van der Waals surface area contributed by atoms with Gasteiger partial charge in [0.2, 0.25) is 12.0 Å². The minimum Gasteiger partial charge on any atom is -0.490 e. The van der Waals surface area contributed by atoms with E-state index in [0.29, 0.717) is 62.7 Å². The quantitative estimate of drug-likeness (QED) is 0.135. The van der Waals surface area contributed by atoms with Gasteiger partial charge < -0.3 is 33.3 Å². The number of piperazine rings is 1. The summed E-state index contributed by atoms with van der Waals surface area (Å²) < 4.78 is 53.0. The van der Waals surface area contributed by atoms with Gasteiger partial charge in [-0.1, -0.05) is 29.8 Å². The molecular weight excluding hydrogens is 871 g/mol. The van der Waals surface area contributed by atoms with Crippen molar-refractivity contribution >= 4 is 39.1 Å². The number of benzene rings is 3. The predicted molar refractivity (Wildman–Crippen MR) is 247 cm³/mol. The summed E-state index contributed by atoms with van der Waals surface area (Å²) in [6.45, 7) is 12.6. The first-order valence-electron chi connectivity index (χ1n) is 22.0. The third-order valence-corrected chi connectivity index (χ3v) is 13.3. The molecule has 2 saturated heterocycles. The molecule has 3 atom stereocenters. The van der Waals surface area contributed by atoms with E-state index in [1.165, 1.54) is 29.8 Å². The molecule has 4 bridgehead atoms. The smallest absolute Gasteiger partial charge is 0.348 e. The number of ether oxygens (including phenoxy) is 6. The number of likely N-dealkylation sites (N-methyl/N-ethyl adjacent to an activating group) is 1. The molecule has 0 amide bonds. The molecular formula is C49H52ClFN6O7S. The molecule has 4 aliphatic rings. The number of hydrogen-bond acceptors (Lipinski definition) is 14. The van der Waals surface area contributed by atoms with Crippen LogP contribution in [0.1, 0.15) is 62.4 Å². The Hall–Kier alpha value is -5.45. The van der Waals surface area contributed by atoms with Gasteiger partial charge in [-0.2, -0.15) is 0 Å². The van der Waals surface area contributed by atoms with Gasteiger partial charge in [-0.05, 0) is 107 Å². The first-order chi connectivity index (χ1) is 31.3. The molecule has 0 radical (unpaired) electrons. The maximum Gasteiger partial charge on any atom is 0.348 e. The van der Waals surface area contributed by atoms with E-state index >= 15 is 0 Å². The monoisotopic (exact) mass is 922 g/mol. The second-order valence-corrected chi connectivity index (χ2v) is 19.1. The fraction of sp³-hybridized carbons (Fsp3) is 0.408. The van der Waals surface area contributed by atoms with Crippen LogP contribution < -0.4 is 18.9 Å². The average Bonchev–Trinajstić information content (AvgIpc) is 3.97. The van der Waals surface area contributed by atoms with Crippen LogP contribution in [0, 0.1) is 12.7 Å². The number of nitrogens with zero attached hydrogens (tertiary/aromatic N) is 6. The Kier molecular flexibility index (Phi) is 13.2. The Morgan fingerprint density at radius 2 is 1.82 bits per heavy atom. The number of thiophene rings is 1. The number of carbonyl (C=O) groups is 1. The first-order valence-corrected chi connectivity index (χ1v) is 23.2. The van der Waals surface area contributed by atoms with Crippen LogP contribution in [0.15, 0.2) is 73.2 Å². The summed E-state index contributed by atoms with van der Waals surface area (Å²) in [5.74, 6) is 1.38. The third-order valence-electron chi connectivity index (χ3n) is 11.7. The van der Waals surface area contributed by atoms with Crippen LogP contribution in [0.4, 0.5) is 4.39 Å². The standard InChI is InChI=1S/C49H52ClFN6O7S/c1-29-36-13-15-38(43(29)50)62-35(25-57-20-18-56(5)19-21-57)27-60-34-12-14-37(61-26-33-16-17-52-45(55-33)39-7-6-22-59-39)31(23-34)24-40(48(58)64-49(2,3)4)63-46-42-41(36)44(65-47(42)54-28-53-46)30-8-10-32(51)11-9-30/h8-17,23,28,35,39-40H,6-7,18-22,24-27H2,1-5H3/t35-,39+,40-/m1/s1. The van der Waals surface area contributed by atoms with Gasteiger partial charge in [0.1, 0.15) is 65.2 Å². The molecule has 340 valence electrons. The lowest BCUT2D eigenvalue weighted by Crippen LogP contribution is -2.49. The molecule has 13 nitrogen and oxygen atoms in total. The number of rotatable bonds is 8. The van der Waals surface area contributed by atoms with Crippen LogP contribution >= 0.6 is 22.9 Å². The second-order valence-electron chi connectivity index (χ2n) is 17.7. The average molecular weight is 924 g/mol. The van der Waals surface area contributed by atoms with Crippen LogP contribution in [-0.4, -0.2) is 106 Å². The Morgan fingerprint density at radius 1 is 1.00 bits per heavy atom. The molecule has 0 N–H and O–H groups in total. The van der Waals surface area contributed by atoms with Crippen molar-refractivity contribution in [2.24, 2.45) is 0 Å². The number of aromatic nitrogens is 4. The maximum absolute atomic E-state index is 14.4. The van der Waals surface area contributed by atoms with Crippen molar-refractivity contribution in [3.05, 3.63) is 107 Å². The van der Waals surface area contributed by atoms with Crippen molar-refractivity contribution in [3.63, 3.8) is 0 Å². The van der Waals surface area contributed by atoms with Crippen LogP contribution in [0.5, 0.6) is 23.1 Å². The van der Waals surface area contributed by atoms with Crippen molar-refractivity contribution in [2.45, 2.75) is 77.5 Å². The fourth-order valence-electron chi connectivity index (χ4n) is 8.29. The molecule has 0 aliphatic carbocycles. The largest absolute Gasteiger partial charge is 0.490 e. The lowest BCUT2D eigenvalue weighted by molar-refractivity contribution is -0.163. The molecule has 10 rings (SSSR count). The highest BCUT2D eigenvalue weighted by Gasteiger charge is 2.33. The van der Waals surface area contributed by atoms with Crippen LogP contribution in [0.2, 0.25) is 5.02 Å². The topological polar surface area (TPSA) is 130 Å². The minimum atomic E-state index is -1.21. The van der Waals surface area contributed by atoms with Crippen molar-refractivity contribution in [1.29, 1.82) is 0 Å². The van der Waals surface area contributed by atoms with Gasteiger partial charge >= 0.3 is 5.97 Å². The Labute approximate surface area is 386 Å². The molecule has 4 aliphatic heterocycles. The molecule has 0 saturated carbocycles. The summed E-state index contributed by atoms with van der Waals surface area (Å²) in [5, 5.41) is 0.996. The van der Waals surface area contributed by atoms with Gasteiger partial charge in [-0.15, -0.1) is 11.3 Å². The predicted octanol–water partition coefficient (Wildman–Crippen LogP) is 9.07. The Bertz CT molecular complexity index is 2670. The number of fused-ring (bicyclic) bond motifs is 7. The van der Waals surface area contributed by atoms with Crippen molar-refractivity contribution in [1.82, 2.24) is 29.7 Å². The van der Waals surface area contributed by atoms with Gasteiger partial charge in [-0.25, -0.2) is 29.1 Å². The van der Waals surface area contributed by atoms with E-state index in [-0.39, 0.29) is 37.4 Å². The minimum absolute atomic E-state index is 0.0164. The fourth-order valence-corrected chi connectivity index (χ4v) is 9.66. The maximum atomic E-state index is 14.4. The first kappa shape index (κ1) is 44.7. The molecule has 3 aromatic carbocycles. The zero-order chi connectivity index (χ0) is 45.2. The number of esters is 1. The zero-order valence-corrected chi connectivity index (χ0v) is 38.7. The lowest BCUT2D eigenvalue weighted by atomic mass is 9.96. The van der Waals surface area contributed by atoms with Crippen LogP contribution in [0.25, 0.3) is 31.8 Å². The number of hydrogen-bond donors (Lipinski definition) is 0. The zero-order valence-electron chi connectivity index (χ0n) is 37.1. The molecule has 0 unspecified atom stereocenters. The van der Waals surface area contributed by atoms with Crippen LogP contribution in [-0.2, 0) is 27.3 Å². The Morgan fingerprint density at radius 3 is 2.58 bits per heavy atom. The highest BCUT2D eigenvalue weighted by molar-refractivity contribution is 7.22. The molecule has 65 heavy (non-hydrogen) atoms. The van der Waals surface area contributed by atoms with Crippen molar-refractivity contribution in [3.8, 4) is 44.7 Å². The van der Waals surface area contributed by atoms with E-state index < -0.39 is 23.8 Å². The van der Waals surface area contributed by atoms with E-state index in [4.69, 9.17) is 50.0 Å². The van der Waals surface area contributed by atoms with E-state index in [1.807, 2.05) is 64.1 Å². The lowest BCUT2D eigenvalue weighted by Gasteiger charge is -2.34. The SMILES string of the molecule is Cc1c2ccc(c1Cl)O[C@H](CN1CCN(C)CC1)COc1ccc(OCc3ccnc([C@@H]4CCCO4)n3)c(c1)C[C@H](C(=O)OC(C)(C)C)Oc1ncnc3sc(-c4ccc(F)cc4)c-2c13. The Balaban J connectivity index is 1.17.